The molecule has 3 N–H and O–H groups in total. The molecule has 0 amide bonds. The molecule has 8 heteroatoms. The van der Waals surface area contributed by atoms with Gasteiger partial charge in [-0.3, -0.25) is 0 Å². The molecule has 1 heterocycles. The molecule has 6 nitrogen and oxygen atoms in total. The van der Waals surface area contributed by atoms with Crippen LogP contribution in [0.3, 0.4) is 0 Å². The quantitative estimate of drug-likeness (QED) is 0.396. The Hall–Kier alpha value is -2.58. The van der Waals surface area contributed by atoms with Gasteiger partial charge in [-0.2, -0.15) is 8.42 Å². The maximum Gasteiger partial charge on any atom is 0.277 e. The van der Waals surface area contributed by atoms with E-state index < -0.39 is 10.0 Å². The van der Waals surface area contributed by atoms with Gasteiger partial charge in [-0.1, -0.05) is 54.6 Å². The van der Waals surface area contributed by atoms with E-state index >= 15 is 0 Å². The van der Waals surface area contributed by atoms with Gasteiger partial charge in [-0.25, -0.2) is 10.3 Å². The van der Waals surface area contributed by atoms with Gasteiger partial charge < -0.3 is 10.1 Å². The van der Waals surface area contributed by atoms with Crippen LogP contribution in [0, 0.1) is 0 Å². The highest BCUT2D eigenvalue weighted by molar-refractivity contribution is 7.92. The second kappa shape index (κ2) is 10.4. The third-order valence-electron chi connectivity index (χ3n) is 5.59. The van der Waals surface area contributed by atoms with Crippen molar-refractivity contribution < 1.29 is 13.2 Å². The van der Waals surface area contributed by atoms with Crippen molar-refractivity contribution in [2.24, 2.45) is 5.84 Å². The molecule has 170 valence electrons. The number of fused-ring (bicyclic) bond motifs is 1. The molecule has 0 aliphatic carbocycles. The number of rotatable bonds is 7. The van der Waals surface area contributed by atoms with Crippen molar-refractivity contribution in [3.63, 3.8) is 0 Å². The predicted molar refractivity (Wildman–Crippen MR) is 130 cm³/mol. The lowest BCUT2D eigenvalue weighted by Crippen LogP contribution is -2.38. The molecule has 3 aromatic carbocycles. The molecule has 2 atom stereocenters. The van der Waals surface area contributed by atoms with Gasteiger partial charge in [0.05, 0.1) is 10.6 Å². The van der Waals surface area contributed by atoms with Crippen LogP contribution in [0.4, 0.5) is 5.69 Å². The lowest BCUT2D eigenvalue weighted by Gasteiger charge is -2.29. The number of benzene rings is 3. The fourth-order valence-corrected chi connectivity index (χ4v) is 4.83. The first-order chi connectivity index (χ1) is 14.9. The summed E-state index contributed by atoms with van der Waals surface area (Å²) in [4.78, 5) is 0.146. The van der Waals surface area contributed by atoms with E-state index in [0.717, 1.165) is 22.8 Å². The van der Waals surface area contributed by atoms with Crippen molar-refractivity contribution >= 4 is 28.1 Å². The number of aryl methyl sites for hydroxylation is 1. The first-order valence-corrected chi connectivity index (χ1v) is 11.8. The minimum Gasteiger partial charge on any atom is -0.489 e. The normalized spacial score (nSPS) is 16.2. The van der Waals surface area contributed by atoms with E-state index in [-0.39, 0.29) is 29.4 Å². The molecule has 1 aliphatic heterocycles. The predicted octanol–water partition coefficient (Wildman–Crippen LogP) is 4.22. The van der Waals surface area contributed by atoms with Crippen LogP contribution < -0.4 is 20.3 Å². The third kappa shape index (κ3) is 5.24. The molecule has 0 radical (unpaired) electrons. The number of nitrogens with two attached hydrogens (primary N) is 1. The number of hydrazine groups is 1. The van der Waals surface area contributed by atoms with E-state index in [2.05, 4.69) is 24.4 Å². The number of nitrogens with one attached hydrogen (secondary N) is 1. The summed E-state index contributed by atoms with van der Waals surface area (Å²) in [5.74, 6) is 6.69. The summed E-state index contributed by atoms with van der Waals surface area (Å²) < 4.78 is 32.7. The van der Waals surface area contributed by atoms with E-state index in [9.17, 15) is 8.42 Å². The summed E-state index contributed by atoms with van der Waals surface area (Å²) in [6.07, 6.45) is 1.78. The average Bonchev–Trinajstić information content (AvgIpc) is 2.82. The summed E-state index contributed by atoms with van der Waals surface area (Å²) in [6, 6.07) is 24.0. The largest absolute Gasteiger partial charge is 0.489 e. The van der Waals surface area contributed by atoms with Crippen LogP contribution in [0.1, 0.15) is 30.5 Å². The molecule has 1 aliphatic rings. The summed E-state index contributed by atoms with van der Waals surface area (Å²) in [5.41, 5.74) is 2.65. The van der Waals surface area contributed by atoms with Crippen LogP contribution in [0.5, 0.6) is 5.75 Å². The van der Waals surface area contributed by atoms with Gasteiger partial charge in [0.15, 0.2) is 0 Å². The zero-order valence-electron chi connectivity index (χ0n) is 17.8. The Morgan fingerprint density at radius 3 is 2.41 bits per heavy atom. The standard InChI is InChI=1S/C24H27N3O3S.ClH/c1-18(19-8-4-2-5-9-19)26-17-22-15-13-20-12-14-21(16-24(20)30-22)27(25)31(28,29)23-10-6-3-7-11-23;/h2-12,14,16,18,22,26H,13,15,17,25H2,1H3;1H/t18-,22+;/m1./s1. The number of anilines is 1. The SMILES string of the molecule is C[C@@H](NC[C@@H]1CCc2ccc(N(N)S(=O)(=O)c3ccccc3)cc2O1)c1ccccc1.Cl. The first kappa shape index (κ1) is 24.1. The van der Waals surface area contributed by atoms with E-state index in [1.807, 2.05) is 24.3 Å². The van der Waals surface area contributed by atoms with Gasteiger partial charge in [-0.15, -0.1) is 12.4 Å². The number of ether oxygens (including phenoxy) is 1. The van der Waals surface area contributed by atoms with Gasteiger partial charge in [-0.05, 0) is 49.1 Å². The number of hydrogen-bond donors (Lipinski definition) is 2. The van der Waals surface area contributed by atoms with Gasteiger partial charge >= 0.3 is 0 Å². The summed E-state index contributed by atoms with van der Waals surface area (Å²) in [6.45, 7) is 2.83. The van der Waals surface area contributed by atoms with Crippen LogP contribution in [0.15, 0.2) is 83.8 Å². The van der Waals surface area contributed by atoms with Crippen LogP contribution in [-0.4, -0.2) is 21.1 Å². The Bertz CT molecular complexity index is 1130. The second-order valence-electron chi connectivity index (χ2n) is 7.73. The Morgan fingerprint density at radius 2 is 1.72 bits per heavy atom. The summed E-state index contributed by atoms with van der Waals surface area (Å²) in [5, 5.41) is 3.53. The lowest BCUT2D eigenvalue weighted by atomic mass is 10.0. The molecular formula is C24H28ClN3O3S. The molecule has 3 aromatic rings. The molecular weight excluding hydrogens is 446 g/mol. The molecule has 0 aromatic heterocycles. The molecule has 0 unspecified atom stereocenters. The van der Waals surface area contributed by atoms with E-state index in [4.69, 9.17) is 10.6 Å². The van der Waals surface area contributed by atoms with E-state index in [1.165, 1.54) is 17.7 Å². The van der Waals surface area contributed by atoms with Crippen molar-refractivity contribution in [3.8, 4) is 5.75 Å². The molecule has 0 saturated carbocycles. The maximum absolute atomic E-state index is 12.8. The Morgan fingerprint density at radius 1 is 1.06 bits per heavy atom. The van der Waals surface area contributed by atoms with Crippen LogP contribution >= 0.6 is 12.4 Å². The highest BCUT2D eigenvalue weighted by Crippen LogP contribution is 2.32. The van der Waals surface area contributed by atoms with Crippen LogP contribution in [-0.2, 0) is 16.4 Å². The molecule has 0 saturated heterocycles. The first-order valence-electron chi connectivity index (χ1n) is 10.4. The van der Waals surface area contributed by atoms with Crippen molar-refractivity contribution in [2.75, 3.05) is 11.0 Å². The minimum atomic E-state index is -3.84. The van der Waals surface area contributed by atoms with Gasteiger partial charge in [0, 0.05) is 18.7 Å². The fourth-order valence-electron chi connectivity index (χ4n) is 3.71. The minimum absolute atomic E-state index is 0. The van der Waals surface area contributed by atoms with Gasteiger partial charge in [0.1, 0.15) is 11.9 Å². The topological polar surface area (TPSA) is 84.7 Å². The Labute approximate surface area is 195 Å². The second-order valence-corrected chi connectivity index (χ2v) is 9.54. The van der Waals surface area contributed by atoms with Crippen molar-refractivity contribution in [1.82, 2.24) is 5.32 Å². The highest BCUT2D eigenvalue weighted by atomic mass is 35.5. The highest BCUT2D eigenvalue weighted by Gasteiger charge is 2.25. The molecule has 32 heavy (non-hydrogen) atoms. The van der Waals surface area contributed by atoms with Crippen molar-refractivity contribution in [1.29, 1.82) is 0 Å². The molecule has 0 spiro atoms. The number of halogens is 1. The number of sulfonamides is 1. The fraction of sp³-hybridized carbons (Fsp3) is 0.250. The Kier molecular flexibility index (Phi) is 7.79. The van der Waals surface area contributed by atoms with Crippen LogP contribution in [0.25, 0.3) is 0 Å². The van der Waals surface area contributed by atoms with Gasteiger partial charge in [0.25, 0.3) is 10.0 Å². The molecule has 0 fully saturated rings. The zero-order valence-corrected chi connectivity index (χ0v) is 19.5. The smallest absolute Gasteiger partial charge is 0.277 e. The Balaban J connectivity index is 0.00000289. The number of nitrogens with zero attached hydrogens (tertiary/aromatic N) is 1. The monoisotopic (exact) mass is 473 g/mol. The zero-order chi connectivity index (χ0) is 21.8. The summed E-state index contributed by atoms with van der Waals surface area (Å²) >= 11 is 0. The number of hydrogen-bond acceptors (Lipinski definition) is 5. The van der Waals surface area contributed by atoms with E-state index in [0.29, 0.717) is 18.0 Å². The van der Waals surface area contributed by atoms with Crippen LogP contribution in [0.2, 0.25) is 0 Å². The lowest BCUT2D eigenvalue weighted by molar-refractivity contribution is 0.167. The average molecular weight is 474 g/mol. The summed E-state index contributed by atoms with van der Waals surface area (Å²) in [7, 11) is -3.84. The maximum atomic E-state index is 12.8. The van der Waals surface area contributed by atoms with Crippen molar-refractivity contribution in [2.45, 2.75) is 36.8 Å². The third-order valence-corrected chi connectivity index (χ3v) is 7.18. The molecule has 0 bridgehead atoms. The van der Waals surface area contributed by atoms with Gasteiger partial charge in [0.2, 0.25) is 0 Å². The van der Waals surface area contributed by atoms with Crippen molar-refractivity contribution in [3.05, 3.63) is 90.0 Å². The molecule has 4 rings (SSSR count). The van der Waals surface area contributed by atoms with E-state index in [1.54, 1.807) is 30.3 Å².